The maximum Gasteiger partial charge on any atom is 0.226 e. The summed E-state index contributed by atoms with van der Waals surface area (Å²) < 4.78 is 0. The molecule has 25 heavy (non-hydrogen) atoms. The number of thiophene rings is 1. The average molecular weight is 356 g/mol. The van der Waals surface area contributed by atoms with Crippen molar-refractivity contribution < 1.29 is 9.90 Å². The van der Waals surface area contributed by atoms with Crippen molar-refractivity contribution in [1.29, 1.82) is 5.26 Å². The number of aromatic hydroxyl groups is 1. The molecule has 2 heterocycles. The molecule has 1 aliphatic rings. The molecule has 0 atom stereocenters. The molecule has 0 unspecified atom stereocenters. The lowest BCUT2D eigenvalue weighted by Gasteiger charge is -2.36. The third-order valence-corrected chi connectivity index (χ3v) is 5.11. The number of amides is 1. The normalized spacial score (nSPS) is 14.9. The van der Waals surface area contributed by atoms with E-state index in [4.69, 9.17) is 5.26 Å². The van der Waals surface area contributed by atoms with E-state index < -0.39 is 0 Å². The standard InChI is InChI=1S/C18H20N4O2S/c19-13-14-6-12-25-18(14)20-17(24)5-7-21-8-10-22(11-9-21)15-1-3-16(23)4-2-15/h1-4,6,12,23H,5,7-11H2,(H,20,24). The van der Waals surface area contributed by atoms with Gasteiger partial charge in [-0.05, 0) is 35.7 Å². The van der Waals surface area contributed by atoms with Gasteiger partial charge in [-0.2, -0.15) is 5.26 Å². The monoisotopic (exact) mass is 356 g/mol. The maximum atomic E-state index is 12.1. The van der Waals surface area contributed by atoms with Gasteiger partial charge >= 0.3 is 0 Å². The van der Waals surface area contributed by atoms with Gasteiger partial charge in [0.2, 0.25) is 5.91 Å². The summed E-state index contributed by atoms with van der Waals surface area (Å²) in [6.45, 7) is 4.31. The molecule has 0 aliphatic carbocycles. The molecule has 1 amide bonds. The van der Waals surface area contributed by atoms with Crippen molar-refractivity contribution >= 4 is 27.9 Å². The Morgan fingerprint density at radius 1 is 1.20 bits per heavy atom. The van der Waals surface area contributed by atoms with Gasteiger partial charge in [-0.3, -0.25) is 9.69 Å². The van der Waals surface area contributed by atoms with Crippen LogP contribution in [0.1, 0.15) is 12.0 Å². The predicted octanol–water partition coefficient (Wildman–Crippen LogP) is 2.48. The second-order valence-electron chi connectivity index (χ2n) is 5.92. The summed E-state index contributed by atoms with van der Waals surface area (Å²) >= 11 is 1.37. The Morgan fingerprint density at radius 3 is 2.60 bits per heavy atom. The van der Waals surface area contributed by atoms with Gasteiger partial charge in [-0.25, -0.2) is 0 Å². The molecule has 1 aliphatic heterocycles. The van der Waals surface area contributed by atoms with E-state index >= 15 is 0 Å². The molecular weight excluding hydrogens is 336 g/mol. The van der Waals surface area contributed by atoms with E-state index in [1.807, 2.05) is 12.1 Å². The van der Waals surface area contributed by atoms with Gasteiger partial charge in [0.1, 0.15) is 16.8 Å². The molecule has 2 aromatic rings. The van der Waals surface area contributed by atoms with Crippen molar-refractivity contribution in [3.8, 4) is 11.8 Å². The van der Waals surface area contributed by atoms with Crippen LogP contribution in [0, 0.1) is 11.3 Å². The first-order chi connectivity index (χ1) is 12.2. The number of benzene rings is 1. The first-order valence-corrected chi connectivity index (χ1v) is 9.07. The summed E-state index contributed by atoms with van der Waals surface area (Å²) in [7, 11) is 0. The van der Waals surface area contributed by atoms with Crippen LogP contribution in [-0.4, -0.2) is 48.6 Å². The van der Waals surface area contributed by atoms with Crippen LogP contribution in [0.3, 0.4) is 0 Å². The van der Waals surface area contributed by atoms with E-state index in [2.05, 4.69) is 21.2 Å². The zero-order chi connectivity index (χ0) is 17.6. The van der Waals surface area contributed by atoms with Crippen LogP contribution >= 0.6 is 11.3 Å². The van der Waals surface area contributed by atoms with Crippen LogP contribution in [0.5, 0.6) is 5.75 Å². The van der Waals surface area contributed by atoms with Gasteiger partial charge in [0.15, 0.2) is 0 Å². The summed E-state index contributed by atoms with van der Waals surface area (Å²) in [4.78, 5) is 16.6. The number of piperazine rings is 1. The zero-order valence-electron chi connectivity index (χ0n) is 13.8. The van der Waals surface area contributed by atoms with Gasteiger partial charge in [-0.1, -0.05) is 0 Å². The highest BCUT2D eigenvalue weighted by atomic mass is 32.1. The second kappa shape index (κ2) is 8.01. The average Bonchev–Trinajstić information content (AvgIpc) is 3.08. The van der Waals surface area contributed by atoms with E-state index in [0.717, 1.165) is 31.9 Å². The van der Waals surface area contributed by atoms with Gasteiger partial charge in [0, 0.05) is 44.8 Å². The van der Waals surface area contributed by atoms with Crippen LogP contribution in [0.2, 0.25) is 0 Å². The molecule has 1 aromatic carbocycles. The minimum absolute atomic E-state index is 0.0556. The summed E-state index contributed by atoms with van der Waals surface area (Å²) in [5, 5.41) is 23.6. The number of phenols is 1. The number of anilines is 2. The molecule has 0 radical (unpaired) electrons. The van der Waals surface area contributed by atoms with Crippen molar-refractivity contribution in [2.75, 3.05) is 42.9 Å². The summed E-state index contributed by atoms with van der Waals surface area (Å²) in [5.74, 6) is 0.221. The van der Waals surface area contributed by atoms with Crippen LogP contribution in [0.4, 0.5) is 10.7 Å². The number of phenolic OH excluding ortho intramolecular Hbond substituents is 1. The summed E-state index contributed by atoms with van der Waals surface area (Å²) in [6.07, 6.45) is 0.419. The fraction of sp³-hybridized carbons (Fsp3) is 0.333. The zero-order valence-corrected chi connectivity index (χ0v) is 14.6. The molecule has 3 rings (SSSR count). The van der Waals surface area contributed by atoms with Crippen molar-refractivity contribution in [3.63, 3.8) is 0 Å². The van der Waals surface area contributed by atoms with Gasteiger partial charge in [-0.15, -0.1) is 11.3 Å². The fourth-order valence-electron chi connectivity index (χ4n) is 2.84. The number of rotatable bonds is 5. The largest absolute Gasteiger partial charge is 0.508 e. The number of carbonyl (C=O) groups excluding carboxylic acids is 1. The Hall–Kier alpha value is -2.56. The molecule has 1 saturated heterocycles. The molecule has 1 aromatic heterocycles. The van der Waals surface area contributed by atoms with Gasteiger partial charge in [0.05, 0.1) is 5.56 Å². The molecular formula is C18H20N4O2S. The Balaban J connectivity index is 1.42. The molecule has 1 fully saturated rings. The smallest absolute Gasteiger partial charge is 0.226 e. The topological polar surface area (TPSA) is 79.6 Å². The van der Waals surface area contributed by atoms with Crippen molar-refractivity contribution in [2.45, 2.75) is 6.42 Å². The highest BCUT2D eigenvalue weighted by Gasteiger charge is 2.18. The molecule has 0 bridgehead atoms. The quantitative estimate of drug-likeness (QED) is 0.860. The Bertz CT molecular complexity index is 758. The minimum Gasteiger partial charge on any atom is -0.508 e. The van der Waals surface area contributed by atoms with Crippen molar-refractivity contribution in [1.82, 2.24) is 4.90 Å². The highest BCUT2D eigenvalue weighted by Crippen LogP contribution is 2.22. The lowest BCUT2D eigenvalue weighted by atomic mass is 10.2. The lowest BCUT2D eigenvalue weighted by Crippen LogP contribution is -2.47. The number of hydrogen-bond donors (Lipinski definition) is 2. The van der Waals surface area contributed by atoms with E-state index in [9.17, 15) is 9.90 Å². The van der Waals surface area contributed by atoms with E-state index in [1.165, 1.54) is 11.3 Å². The molecule has 0 spiro atoms. The molecule has 7 heteroatoms. The first-order valence-electron chi connectivity index (χ1n) is 8.19. The molecule has 0 saturated carbocycles. The number of nitriles is 1. The third kappa shape index (κ3) is 4.50. The molecule has 2 N–H and O–H groups in total. The van der Waals surface area contributed by atoms with Crippen molar-refractivity contribution in [2.24, 2.45) is 0 Å². The Kier molecular flexibility index (Phi) is 5.53. The fourth-order valence-corrected chi connectivity index (χ4v) is 3.59. The minimum atomic E-state index is -0.0556. The maximum absolute atomic E-state index is 12.1. The van der Waals surface area contributed by atoms with Crippen LogP contribution in [0.15, 0.2) is 35.7 Å². The Labute approximate surface area is 150 Å². The van der Waals surface area contributed by atoms with Gasteiger partial charge in [0.25, 0.3) is 0 Å². The SMILES string of the molecule is N#Cc1ccsc1NC(=O)CCN1CCN(c2ccc(O)cc2)CC1. The third-order valence-electron chi connectivity index (χ3n) is 4.28. The number of nitrogens with zero attached hydrogens (tertiary/aromatic N) is 3. The van der Waals surface area contributed by atoms with Gasteiger partial charge < -0.3 is 15.3 Å². The summed E-state index contributed by atoms with van der Waals surface area (Å²) in [6, 6.07) is 11.0. The summed E-state index contributed by atoms with van der Waals surface area (Å²) in [5.41, 5.74) is 1.62. The van der Waals surface area contributed by atoms with Crippen LogP contribution in [-0.2, 0) is 4.79 Å². The Morgan fingerprint density at radius 2 is 1.92 bits per heavy atom. The van der Waals surface area contributed by atoms with Crippen molar-refractivity contribution in [3.05, 3.63) is 41.3 Å². The lowest BCUT2D eigenvalue weighted by molar-refractivity contribution is -0.116. The van der Waals surface area contributed by atoms with E-state index in [0.29, 0.717) is 23.5 Å². The van der Waals surface area contributed by atoms with Crippen LogP contribution in [0.25, 0.3) is 0 Å². The number of carbonyl (C=O) groups is 1. The molecule has 130 valence electrons. The number of nitrogens with one attached hydrogen (secondary N) is 1. The first kappa shape index (κ1) is 17.3. The molecule has 6 nitrogen and oxygen atoms in total. The van der Waals surface area contributed by atoms with Crippen LogP contribution < -0.4 is 10.2 Å². The number of hydrogen-bond acceptors (Lipinski definition) is 6. The predicted molar refractivity (Wildman–Crippen MR) is 99.0 cm³/mol. The van der Waals surface area contributed by atoms with E-state index in [1.54, 1.807) is 23.6 Å². The second-order valence-corrected chi connectivity index (χ2v) is 6.83. The highest BCUT2D eigenvalue weighted by molar-refractivity contribution is 7.14. The van der Waals surface area contributed by atoms with E-state index in [-0.39, 0.29) is 11.7 Å².